The summed E-state index contributed by atoms with van der Waals surface area (Å²) in [5.74, 6) is 1.25. The van der Waals surface area contributed by atoms with Crippen LogP contribution >= 0.6 is 0 Å². The van der Waals surface area contributed by atoms with Gasteiger partial charge in [-0.15, -0.1) is 0 Å². The van der Waals surface area contributed by atoms with E-state index in [4.69, 9.17) is 0 Å². The minimum absolute atomic E-state index is 0.546. The lowest BCUT2D eigenvalue weighted by Gasteiger charge is -2.15. The van der Waals surface area contributed by atoms with Crippen molar-refractivity contribution >= 4 is 0 Å². The lowest BCUT2D eigenvalue weighted by Crippen LogP contribution is -2.24. The molecule has 0 spiro atoms. The Kier molecular flexibility index (Phi) is 5.57. The molecule has 0 aliphatic rings. The molecule has 0 saturated heterocycles. The topological polar surface area (TPSA) is 29.9 Å². The van der Waals surface area contributed by atoms with Gasteiger partial charge in [0.15, 0.2) is 0 Å². The maximum atomic E-state index is 4.43. The predicted octanol–water partition coefficient (Wildman–Crippen LogP) is 3.59. The van der Waals surface area contributed by atoms with Crippen molar-refractivity contribution in [3.8, 4) is 0 Å². The zero-order chi connectivity index (χ0) is 15.2. The molecule has 1 heterocycles. The van der Waals surface area contributed by atoms with Crippen LogP contribution in [0.4, 0.5) is 0 Å². The van der Waals surface area contributed by atoms with Crippen molar-refractivity contribution < 1.29 is 0 Å². The van der Waals surface area contributed by atoms with Crippen LogP contribution in [0.5, 0.6) is 0 Å². The fourth-order valence-electron chi connectivity index (χ4n) is 2.40. The zero-order valence-electron chi connectivity index (χ0n) is 13.6. The molecule has 1 N–H and O–H groups in total. The molecule has 3 heteroatoms. The Balaban J connectivity index is 1.89. The second kappa shape index (κ2) is 7.41. The van der Waals surface area contributed by atoms with Crippen molar-refractivity contribution in [1.29, 1.82) is 0 Å². The molecule has 0 bridgehead atoms. The Hall–Kier alpha value is -1.61. The molecule has 0 amide bonds. The van der Waals surface area contributed by atoms with E-state index < -0.39 is 0 Å². The van der Waals surface area contributed by atoms with Gasteiger partial charge in [-0.3, -0.25) is 4.68 Å². The summed E-state index contributed by atoms with van der Waals surface area (Å²) in [4.78, 5) is 0. The van der Waals surface area contributed by atoms with Gasteiger partial charge in [0.2, 0.25) is 0 Å². The molecule has 1 aromatic heterocycles. The first kappa shape index (κ1) is 15.8. The highest BCUT2D eigenvalue weighted by atomic mass is 15.3. The van der Waals surface area contributed by atoms with E-state index in [1.165, 1.54) is 11.1 Å². The molecule has 1 unspecified atom stereocenters. The predicted molar refractivity (Wildman–Crippen MR) is 88.6 cm³/mol. The molecule has 2 aromatic rings. The van der Waals surface area contributed by atoms with Crippen molar-refractivity contribution in [3.63, 3.8) is 0 Å². The Labute approximate surface area is 128 Å². The summed E-state index contributed by atoms with van der Waals surface area (Å²) < 4.78 is 1.98. The van der Waals surface area contributed by atoms with E-state index in [0.29, 0.717) is 11.8 Å². The Bertz CT molecular complexity index is 540. The highest BCUT2D eigenvalue weighted by Crippen LogP contribution is 2.15. The number of hydrogen-bond donors (Lipinski definition) is 1. The summed E-state index contributed by atoms with van der Waals surface area (Å²) in [7, 11) is 0. The molecule has 0 aliphatic heterocycles. The van der Waals surface area contributed by atoms with E-state index in [9.17, 15) is 0 Å². The molecular formula is C18H27N3. The number of benzene rings is 1. The second-order valence-corrected chi connectivity index (χ2v) is 6.35. The molecule has 21 heavy (non-hydrogen) atoms. The molecule has 3 nitrogen and oxygen atoms in total. The van der Waals surface area contributed by atoms with Gasteiger partial charge in [0.1, 0.15) is 0 Å². The molecule has 0 aliphatic carbocycles. The van der Waals surface area contributed by atoms with E-state index in [2.05, 4.69) is 55.5 Å². The van der Waals surface area contributed by atoms with Gasteiger partial charge in [-0.2, -0.15) is 5.10 Å². The molecule has 114 valence electrons. The van der Waals surface area contributed by atoms with Crippen LogP contribution in [0.1, 0.15) is 43.5 Å². The van der Waals surface area contributed by atoms with Gasteiger partial charge in [0, 0.05) is 12.7 Å². The minimum atomic E-state index is 0.546. The van der Waals surface area contributed by atoms with E-state index >= 15 is 0 Å². The van der Waals surface area contributed by atoms with Crippen LogP contribution < -0.4 is 5.32 Å². The summed E-state index contributed by atoms with van der Waals surface area (Å²) in [5, 5.41) is 7.95. The fourth-order valence-corrected chi connectivity index (χ4v) is 2.40. The van der Waals surface area contributed by atoms with E-state index in [1.807, 2.05) is 23.9 Å². The van der Waals surface area contributed by atoms with Gasteiger partial charge in [-0.1, -0.05) is 45.0 Å². The van der Waals surface area contributed by atoms with Gasteiger partial charge in [0.05, 0.1) is 12.2 Å². The maximum absolute atomic E-state index is 4.43. The lowest BCUT2D eigenvalue weighted by atomic mass is 9.99. The van der Waals surface area contributed by atoms with E-state index in [1.54, 1.807) is 0 Å². The number of aromatic nitrogens is 2. The van der Waals surface area contributed by atoms with Gasteiger partial charge in [-0.25, -0.2) is 0 Å². The van der Waals surface area contributed by atoms with Gasteiger partial charge in [-0.05, 0) is 42.5 Å². The molecule has 1 aromatic carbocycles. The van der Waals surface area contributed by atoms with E-state index in [0.717, 1.165) is 25.3 Å². The number of nitrogens with zero attached hydrogens (tertiary/aromatic N) is 2. The van der Waals surface area contributed by atoms with Crippen molar-refractivity contribution in [2.75, 3.05) is 13.1 Å². The third-order valence-electron chi connectivity index (χ3n) is 3.67. The summed E-state index contributed by atoms with van der Waals surface area (Å²) in [5.41, 5.74) is 3.76. The second-order valence-electron chi connectivity index (χ2n) is 6.35. The van der Waals surface area contributed by atoms with Crippen molar-refractivity contribution in [2.45, 2.75) is 40.2 Å². The maximum Gasteiger partial charge on any atom is 0.0659 e. The van der Waals surface area contributed by atoms with Crippen molar-refractivity contribution in [1.82, 2.24) is 15.1 Å². The largest absolute Gasteiger partial charge is 0.316 e. The number of aryl methyl sites for hydroxylation is 1. The summed E-state index contributed by atoms with van der Waals surface area (Å²) in [6.07, 6.45) is 2.03. The smallest absolute Gasteiger partial charge is 0.0659 e. The Morgan fingerprint density at radius 3 is 2.33 bits per heavy atom. The highest BCUT2D eigenvalue weighted by Gasteiger charge is 2.06. The Morgan fingerprint density at radius 2 is 1.76 bits per heavy atom. The summed E-state index contributed by atoms with van der Waals surface area (Å²) in [6, 6.07) is 11.0. The number of hydrogen-bond acceptors (Lipinski definition) is 2. The standard InChI is InChI=1S/C18H27N3/c1-14(2)11-19-12-15(3)18-7-5-17(6-8-18)13-21-10-9-16(4)20-21/h5-10,14-15,19H,11-13H2,1-4H3. The van der Waals surface area contributed by atoms with Crippen LogP contribution in [0.3, 0.4) is 0 Å². The third kappa shape index (κ3) is 5.01. The number of rotatable bonds is 7. The first-order valence-electron chi connectivity index (χ1n) is 7.84. The average molecular weight is 285 g/mol. The Morgan fingerprint density at radius 1 is 1.05 bits per heavy atom. The quantitative estimate of drug-likeness (QED) is 0.842. The first-order valence-corrected chi connectivity index (χ1v) is 7.84. The van der Waals surface area contributed by atoms with Crippen molar-refractivity contribution in [3.05, 3.63) is 53.3 Å². The molecule has 2 rings (SSSR count). The molecule has 1 atom stereocenters. The van der Waals surface area contributed by atoms with Crippen LogP contribution in [-0.2, 0) is 6.54 Å². The van der Waals surface area contributed by atoms with Crippen LogP contribution in [0.25, 0.3) is 0 Å². The molecule has 0 fully saturated rings. The highest BCUT2D eigenvalue weighted by molar-refractivity contribution is 5.25. The fraction of sp³-hybridized carbons (Fsp3) is 0.500. The molecular weight excluding hydrogens is 258 g/mol. The first-order chi connectivity index (χ1) is 10.0. The number of nitrogens with one attached hydrogen (secondary N) is 1. The average Bonchev–Trinajstić information content (AvgIpc) is 2.84. The minimum Gasteiger partial charge on any atom is -0.316 e. The third-order valence-corrected chi connectivity index (χ3v) is 3.67. The van der Waals surface area contributed by atoms with E-state index in [-0.39, 0.29) is 0 Å². The van der Waals surface area contributed by atoms with Crippen molar-refractivity contribution in [2.24, 2.45) is 5.92 Å². The van der Waals surface area contributed by atoms with Gasteiger partial charge in [0.25, 0.3) is 0 Å². The van der Waals surface area contributed by atoms with Crippen LogP contribution in [-0.4, -0.2) is 22.9 Å². The lowest BCUT2D eigenvalue weighted by molar-refractivity contribution is 0.528. The SMILES string of the molecule is Cc1ccn(Cc2ccc(C(C)CNCC(C)C)cc2)n1. The van der Waals surface area contributed by atoms with Crippen LogP contribution in [0.2, 0.25) is 0 Å². The zero-order valence-corrected chi connectivity index (χ0v) is 13.6. The van der Waals surface area contributed by atoms with Gasteiger partial charge >= 0.3 is 0 Å². The summed E-state index contributed by atoms with van der Waals surface area (Å²) >= 11 is 0. The monoisotopic (exact) mass is 285 g/mol. The normalized spacial score (nSPS) is 12.8. The van der Waals surface area contributed by atoms with Crippen LogP contribution in [0, 0.1) is 12.8 Å². The molecule has 0 radical (unpaired) electrons. The van der Waals surface area contributed by atoms with Crippen LogP contribution in [0.15, 0.2) is 36.5 Å². The molecule has 0 saturated carbocycles. The summed E-state index contributed by atoms with van der Waals surface area (Å²) in [6.45, 7) is 11.7. The van der Waals surface area contributed by atoms with Gasteiger partial charge < -0.3 is 5.32 Å².